The average Bonchev–Trinajstić information content (AvgIpc) is 3.27. The molecule has 2 aromatic rings. The van der Waals surface area contributed by atoms with Crippen LogP contribution in [0.2, 0.25) is 0 Å². The van der Waals surface area contributed by atoms with Gasteiger partial charge in [-0.3, -0.25) is 4.79 Å². The molecule has 0 bridgehead atoms. The van der Waals surface area contributed by atoms with Crippen molar-refractivity contribution in [3.05, 3.63) is 65.0 Å². The van der Waals surface area contributed by atoms with E-state index in [-0.39, 0.29) is 43.0 Å². The molecule has 1 fully saturated rings. The molecule has 3 atom stereocenters. The Morgan fingerprint density at radius 1 is 0.976 bits per heavy atom. The maximum absolute atomic E-state index is 14.9. The fourth-order valence-corrected chi connectivity index (χ4v) is 8.21. The minimum atomic E-state index is -6.37. The number of fused-ring (bicyclic) bond motifs is 3. The lowest BCUT2D eigenvalue weighted by molar-refractivity contribution is -0.348. The van der Waals surface area contributed by atoms with Crippen molar-refractivity contribution >= 4 is 15.7 Å². The van der Waals surface area contributed by atoms with Crippen LogP contribution in [0.4, 0.5) is 35.1 Å². The lowest BCUT2D eigenvalue weighted by Crippen LogP contribution is -2.55. The number of nitrogens with zero attached hydrogens (tertiary/aromatic N) is 1. The number of aryl methyl sites for hydroxylation is 1. The van der Waals surface area contributed by atoms with Gasteiger partial charge in [0.25, 0.3) is 5.91 Å². The summed E-state index contributed by atoms with van der Waals surface area (Å²) < 4.78 is 136. The quantitative estimate of drug-likeness (QED) is 0.353. The third kappa shape index (κ3) is 4.61. The van der Waals surface area contributed by atoms with Crippen molar-refractivity contribution in [3.8, 4) is 0 Å². The van der Waals surface area contributed by atoms with Crippen LogP contribution in [0.5, 0.6) is 0 Å². The first-order valence-electron chi connectivity index (χ1n) is 12.6. The molecule has 1 aliphatic heterocycles. The van der Waals surface area contributed by atoms with Crippen LogP contribution in [0.15, 0.2) is 47.4 Å². The molecule has 226 valence electrons. The molecule has 1 heterocycles. The van der Waals surface area contributed by atoms with Crippen LogP contribution in [0.3, 0.4) is 0 Å². The van der Waals surface area contributed by atoms with Crippen LogP contribution in [0.25, 0.3) is 0 Å². The summed E-state index contributed by atoms with van der Waals surface area (Å²) in [6.07, 6.45) is -15.1. The standard InChI is InChI=1S/C27H27F8NO4S/c1-23(2,3)21(37)22(38)36-13-12-24(41(39,40)18-8-6-17(28)7-9-18)19-10-5-16(14-15(19)4-11-20(24)36)25(29,26(30,31)32)27(33,34)35/h5-10,14,20-21,37H,4,11-13H2,1-3H3/t20-,21-,24-/m1/s1. The second-order valence-corrected chi connectivity index (χ2v) is 13.7. The summed E-state index contributed by atoms with van der Waals surface area (Å²) in [4.78, 5) is 14.1. The van der Waals surface area contributed by atoms with Crippen molar-refractivity contribution < 1.29 is 53.4 Å². The number of likely N-dealkylation sites (tertiary alicyclic amines) is 1. The van der Waals surface area contributed by atoms with Crippen molar-refractivity contribution in [2.24, 2.45) is 5.41 Å². The topological polar surface area (TPSA) is 74.7 Å². The molecule has 0 spiro atoms. The largest absolute Gasteiger partial charge is 0.435 e. The zero-order valence-electron chi connectivity index (χ0n) is 22.1. The van der Waals surface area contributed by atoms with Gasteiger partial charge in [-0.15, -0.1) is 0 Å². The van der Waals surface area contributed by atoms with Gasteiger partial charge in [-0.25, -0.2) is 17.2 Å². The molecule has 4 rings (SSSR count). The van der Waals surface area contributed by atoms with Gasteiger partial charge < -0.3 is 10.0 Å². The molecular weight excluding hydrogens is 586 g/mol. The minimum Gasteiger partial charge on any atom is -0.383 e. The normalized spacial score (nSPS) is 22.7. The third-order valence-electron chi connectivity index (χ3n) is 8.01. The van der Waals surface area contributed by atoms with Crippen LogP contribution in [-0.2, 0) is 31.5 Å². The van der Waals surface area contributed by atoms with E-state index >= 15 is 0 Å². The maximum Gasteiger partial charge on any atom is 0.435 e. The highest BCUT2D eigenvalue weighted by Gasteiger charge is 2.74. The number of carbonyl (C=O) groups excluding carboxylic acids is 1. The molecule has 14 heteroatoms. The monoisotopic (exact) mass is 613 g/mol. The molecule has 41 heavy (non-hydrogen) atoms. The SMILES string of the molecule is CC(C)(C)[C@H](O)C(=O)N1CC[C@@]2(S(=O)(=O)c3ccc(F)cc3)c3ccc(C(F)(C(F)(F)F)C(F)(F)F)cc3CC[C@@H]12. The Labute approximate surface area is 231 Å². The fourth-order valence-electron chi connectivity index (χ4n) is 5.85. The van der Waals surface area contributed by atoms with Gasteiger partial charge in [0.05, 0.1) is 10.9 Å². The van der Waals surface area contributed by atoms with E-state index in [2.05, 4.69) is 0 Å². The highest BCUT2D eigenvalue weighted by molar-refractivity contribution is 7.92. The van der Waals surface area contributed by atoms with Gasteiger partial charge in [-0.05, 0) is 60.1 Å². The average molecular weight is 614 g/mol. The Morgan fingerprint density at radius 2 is 1.54 bits per heavy atom. The molecule has 0 saturated carbocycles. The predicted octanol–water partition coefficient (Wildman–Crippen LogP) is 5.74. The first-order chi connectivity index (χ1) is 18.6. The number of amides is 1. The molecule has 0 radical (unpaired) electrons. The second-order valence-electron chi connectivity index (χ2n) is 11.5. The first-order valence-corrected chi connectivity index (χ1v) is 14.0. The van der Waals surface area contributed by atoms with E-state index in [0.29, 0.717) is 6.07 Å². The Hall–Kier alpha value is -2.74. The summed E-state index contributed by atoms with van der Waals surface area (Å²) in [5, 5.41) is 10.7. The van der Waals surface area contributed by atoms with Crippen LogP contribution in [0.1, 0.15) is 50.3 Å². The zero-order chi connectivity index (χ0) is 31.0. The number of aliphatic hydroxyl groups excluding tert-OH is 1. The number of hydrogen-bond donors (Lipinski definition) is 1. The first kappa shape index (κ1) is 31.2. The Kier molecular flexibility index (Phi) is 7.34. The third-order valence-corrected chi connectivity index (χ3v) is 10.6. The van der Waals surface area contributed by atoms with Gasteiger partial charge >= 0.3 is 18.0 Å². The molecule has 1 aliphatic carbocycles. The van der Waals surface area contributed by atoms with E-state index in [1.54, 1.807) is 20.8 Å². The summed E-state index contributed by atoms with van der Waals surface area (Å²) in [5.74, 6) is -1.56. The van der Waals surface area contributed by atoms with E-state index in [9.17, 15) is 53.4 Å². The van der Waals surface area contributed by atoms with Crippen molar-refractivity contribution in [2.75, 3.05) is 6.54 Å². The number of benzene rings is 2. The second kappa shape index (κ2) is 9.65. The molecule has 1 N–H and O–H groups in total. The fraction of sp³-hybridized carbons (Fsp3) is 0.519. The predicted molar refractivity (Wildman–Crippen MR) is 131 cm³/mol. The summed E-state index contributed by atoms with van der Waals surface area (Å²) in [6, 6.07) is 3.87. The van der Waals surface area contributed by atoms with Gasteiger partial charge in [-0.2, -0.15) is 26.3 Å². The molecule has 2 aromatic carbocycles. The lowest BCUT2D eigenvalue weighted by Gasteiger charge is -2.44. The Balaban J connectivity index is 1.95. The molecular formula is C27H27F8NO4S. The number of sulfone groups is 1. The Bertz CT molecular complexity index is 1430. The maximum atomic E-state index is 14.9. The number of alkyl halides is 7. The van der Waals surface area contributed by atoms with E-state index in [4.69, 9.17) is 0 Å². The molecule has 0 unspecified atom stereocenters. The highest BCUT2D eigenvalue weighted by Crippen LogP contribution is 2.56. The number of carbonyl (C=O) groups is 1. The summed E-state index contributed by atoms with van der Waals surface area (Å²) in [5.41, 5.74) is -8.86. The van der Waals surface area contributed by atoms with Crippen LogP contribution < -0.4 is 0 Å². The van der Waals surface area contributed by atoms with Crippen LogP contribution in [-0.4, -0.2) is 55.4 Å². The van der Waals surface area contributed by atoms with E-state index in [1.165, 1.54) is 4.90 Å². The molecule has 1 saturated heterocycles. The summed E-state index contributed by atoms with van der Waals surface area (Å²) in [6.45, 7) is 4.53. The molecule has 1 amide bonds. The van der Waals surface area contributed by atoms with Gasteiger partial charge in [0, 0.05) is 12.1 Å². The van der Waals surface area contributed by atoms with E-state index in [1.807, 2.05) is 0 Å². The minimum absolute atomic E-state index is 0.186. The van der Waals surface area contributed by atoms with E-state index < -0.39 is 72.3 Å². The van der Waals surface area contributed by atoms with Gasteiger partial charge in [0.1, 0.15) is 16.7 Å². The number of rotatable bonds is 4. The Morgan fingerprint density at radius 3 is 2.05 bits per heavy atom. The zero-order valence-corrected chi connectivity index (χ0v) is 22.9. The smallest absolute Gasteiger partial charge is 0.383 e. The van der Waals surface area contributed by atoms with Gasteiger partial charge in [0.15, 0.2) is 9.84 Å². The summed E-state index contributed by atoms with van der Waals surface area (Å²) in [7, 11) is -4.60. The summed E-state index contributed by atoms with van der Waals surface area (Å²) >= 11 is 0. The van der Waals surface area contributed by atoms with Crippen LogP contribution >= 0.6 is 0 Å². The number of aliphatic hydroxyl groups is 1. The molecule has 0 aromatic heterocycles. The van der Waals surface area contributed by atoms with Gasteiger partial charge in [0.2, 0.25) is 0 Å². The van der Waals surface area contributed by atoms with Crippen molar-refractivity contribution in [1.82, 2.24) is 4.90 Å². The molecule has 5 nitrogen and oxygen atoms in total. The number of halogens is 8. The number of hydrogen-bond acceptors (Lipinski definition) is 4. The van der Waals surface area contributed by atoms with E-state index in [0.717, 1.165) is 30.3 Å². The lowest BCUT2D eigenvalue weighted by atomic mass is 9.76. The van der Waals surface area contributed by atoms with Crippen LogP contribution in [0, 0.1) is 11.2 Å². The van der Waals surface area contributed by atoms with Crippen molar-refractivity contribution in [3.63, 3.8) is 0 Å². The van der Waals surface area contributed by atoms with Crippen molar-refractivity contribution in [2.45, 2.75) is 79.8 Å². The molecule has 2 aliphatic rings. The van der Waals surface area contributed by atoms with Gasteiger partial charge in [-0.1, -0.05) is 39.0 Å². The highest BCUT2D eigenvalue weighted by atomic mass is 32.2. The van der Waals surface area contributed by atoms with Crippen molar-refractivity contribution in [1.29, 1.82) is 0 Å².